The van der Waals surface area contributed by atoms with Crippen molar-refractivity contribution in [1.29, 1.82) is 0 Å². The highest BCUT2D eigenvalue weighted by molar-refractivity contribution is 5.85. The molecule has 0 fully saturated rings. The molecular formula is C14H13N3O2. The van der Waals surface area contributed by atoms with Gasteiger partial charge in [-0.2, -0.15) is 5.10 Å². The van der Waals surface area contributed by atoms with Crippen molar-refractivity contribution in [2.75, 3.05) is 12.1 Å². The van der Waals surface area contributed by atoms with Gasteiger partial charge >= 0.3 is 0 Å². The minimum absolute atomic E-state index is 0.0488. The second kappa shape index (κ2) is 5.77. The SMILES string of the molecule is CN(/N=C\c1ccccc1[N+](=O)[O-])c1ccccc1. The van der Waals surface area contributed by atoms with Crippen molar-refractivity contribution >= 4 is 17.6 Å². The molecule has 0 heterocycles. The molecule has 0 atom stereocenters. The van der Waals surface area contributed by atoms with Gasteiger partial charge in [0.05, 0.1) is 22.4 Å². The fourth-order valence-corrected chi connectivity index (χ4v) is 1.62. The zero-order valence-corrected chi connectivity index (χ0v) is 10.4. The summed E-state index contributed by atoms with van der Waals surface area (Å²) in [4.78, 5) is 10.5. The predicted molar refractivity (Wildman–Crippen MR) is 75.5 cm³/mol. The Kier molecular flexibility index (Phi) is 3.87. The molecule has 0 aliphatic heterocycles. The predicted octanol–water partition coefficient (Wildman–Crippen LogP) is 3.07. The Balaban J connectivity index is 2.22. The number of hydrogen-bond acceptors (Lipinski definition) is 4. The Bertz CT molecular complexity index is 597. The average molecular weight is 255 g/mol. The number of hydrogen-bond donors (Lipinski definition) is 0. The Morgan fingerprint density at radius 2 is 1.74 bits per heavy atom. The molecule has 0 radical (unpaired) electrons. The summed E-state index contributed by atoms with van der Waals surface area (Å²) in [5.74, 6) is 0. The van der Waals surface area contributed by atoms with Crippen LogP contribution >= 0.6 is 0 Å². The van der Waals surface area contributed by atoms with E-state index >= 15 is 0 Å². The minimum atomic E-state index is -0.413. The van der Waals surface area contributed by atoms with E-state index in [9.17, 15) is 10.1 Å². The average Bonchev–Trinajstić information content (AvgIpc) is 2.46. The third kappa shape index (κ3) is 3.16. The first-order valence-corrected chi connectivity index (χ1v) is 5.74. The van der Waals surface area contributed by atoms with Crippen LogP contribution in [0.15, 0.2) is 59.7 Å². The molecule has 2 aromatic rings. The van der Waals surface area contributed by atoms with Crippen LogP contribution in [-0.4, -0.2) is 18.2 Å². The smallest absolute Gasteiger partial charge is 0.269 e. The first kappa shape index (κ1) is 12.8. The van der Waals surface area contributed by atoms with E-state index in [0.717, 1.165) is 5.69 Å². The van der Waals surface area contributed by atoms with E-state index in [0.29, 0.717) is 5.56 Å². The van der Waals surface area contributed by atoms with E-state index in [1.807, 2.05) is 30.3 Å². The molecule has 0 unspecified atom stereocenters. The van der Waals surface area contributed by atoms with E-state index in [2.05, 4.69) is 5.10 Å². The summed E-state index contributed by atoms with van der Waals surface area (Å²) >= 11 is 0. The number of benzene rings is 2. The maximum Gasteiger partial charge on any atom is 0.278 e. The van der Waals surface area contributed by atoms with Gasteiger partial charge in [-0.3, -0.25) is 15.1 Å². The number of nitro groups is 1. The van der Waals surface area contributed by atoms with E-state index in [1.165, 1.54) is 12.3 Å². The van der Waals surface area contributed by atoms with E-state index in [-0.39, 0.29) is 5.69 Å². The lowest BCUT2D eigenvalue weighted by atomic mass is 10.2. The van der Waals surface area contributed by atoms with Crippen molar-refractivity contribution < 1.29 is 4.92 Å². The van der Waals surface area contributed by atoms with Gasteiger partial charge in [0.1, 0.15) is 0 Å². The van der Waals surface area contributed by atoms with Gasteiger partial charge in [-0.1, -0.05) is 30.3 Å². The third-order valence-corrected chi connectivity index (χ3v) is 2.63. The van der Waals surface area contributed by atoms with E-state index in [1.54, 1.807) is 30.3 Å². The molecule has 0 bridgehead atoms. The molecule has 0 amide bonds. The van der Waals surface area contributed by atoms with Crippen molar-refractivity contribution in [1.82, 2.24) is 0 Å². The molecule has 0 saturated heterocycles. The van der Waals surface area contributed by atoms with Crippen LogP contribution in [-0.2, 0) is 0 Å². The largest absolute Gasteiger partial charge is 0.278 e. The van der Waals surface area contributed by atoms with Gasteiger partial charge in [-0.25, -0.2) is 0 Å². The van der Waals surface area contributed by atoms with Crippen molar-refractivity contribution in [2.24, 2.45) is 5.10 Å². The van der Waals surface area contributed by atoms with Gasteiger partial charge in [0, 0.05) is 13.1 Å². The summed E-state index contributed by atoms with van der Waals surface area (Å²) < 4.78 is 0. The molecule has 5 heteroatoms. The molecule has 0 saturated carbocycles. The van der Waals surface area contributed by atoms with E-state index < -0.39 is 4.92 Å². The van der Waals surface area contributed by atoms with Crippen LogP contribution in [0.25, 0.3) is 0 Å². The lowest BCUT2D eigenvalue weighted by Gasteiger charge is -2.11. The van der Waals surface area contributed by atoms with Crippen molar-refractivity contribution in [2.45, 2.75) is 0 Å². The first-order valence-electron chi connectivity index (χ1n) is 5.74. The van der Waals surface area contributed by atoms with Gasteiger partial charge in [0.25, 0.3) is 5.69 Å². The van der Waals surface area contributed by atoms with Crippen LogP contribution in [0.2, 0.25) is 0 Å². The van der Waals surface area contributed by atoms with Crippen molar-refractivity contribution in [3.8, 4) is 0 Å². The molecule has 2 rings (SSSR count). The fraction of sp³-hybridized carbons (Fsp3) is 0.0714. The lowest BCUT2D eigenvalue weighted by Crippen LogP contribution is -2.08. The van der Waals surface area contributed by atoms with Crippen LogP contribution in [0, 0.1) is 10.1 Å². The summed E-state index contributed by atoms with van der Waals surface area (Å²) in [6, 6.07) is 16.1. The van der Waals surface area contributed by atoms with Crippen LogP contribution in [0.4, 0.5) is 11.4 Å². The zero-order chi connectivity index (χ0) is 13.7. The number of nitro benzene ring substituents is 1. The quantitative estimate of drug-likeness (QED) is 0.479. The Morgan fingerprint density at radius 1 is 1.11 bits per heavy atom. The second-order valence-corrected chi connectivity index (χ2v) is 3.92. The van der Waals surface area contributed by atoms with Crippen LogP contribution in [0.3, 0.4) is 0 Å². The topological polar surface area (TPSA) is 58.7 Å². The van der Waals surface area contributed by atoms with Gasteiger partial charge in [0.15, 0.2) is 0 Å². The molecule has 0 N–H and O–H groups in total. The Hall–Kier alpha value is -2.69. The summed E-state index contributed by atoms with van der Waals surface area (Å²) in [5, 5.41) is 16.7. The number of anilines is 1. The number of rotatable bonds is 4. The number of nitrogens with zero attached hydrogens (tertiary/aromatic N) is 3. The van der Waals surface area contributed by atoms with Gasteiger partial charge in [0.2, 0.25) is 0 Å². The molecule has 96 valence electrons. The lowest BCUT2D eigenvalue weighted by molar-refractivity contribution is -0.385. The molecular weight excluding hydrogens is 242 g/mol. The highest BCUT2D eigenvalue weighted by Gasteiger charge is 2.10. The molecule has 0 aliphatic rings. The van der Waals surface area contributed by atoms with Crippen LogP contribution in [0.5, 0.6) is 0 Å². The molecule has 0 aromatic heterocycles. The molecule has 19 heavy (non-hydrogen) atoms. The minimum Gasteiger partial charge on any atom is -0.269 e. The molecule has 5 nitrogen and oxygen atoms in total. The van der Waals surface area contributed by atoms with Crippen molar-refractivity contribution in [3.05, 3.63) is 70.3 Å². The van der Waals surface area contributed by atoms with E-state index in [4.69, 9.17) is 0 Å². The maximum atomic E-state index is 10.9. The summed E-state index contributed by atoms with van der Waals surface area (Å²) in [5.41, 5.74) is 1.44. The van der Waals surface area contributed by atoms with Crippen molar-refractivity contribution in [3.63, 3.8) is 0 Å². The second-order valence-electron chi connectivity index (χ2n) is 3.92. The zero-order valence-electron chi connectivity index (χ0n) is 10.4. The standard InChI is InChI=1S/C14H13N3O2/c1-16(13-8-3-2-4-9-13)15-11-12-7-5-6-10-14(12)17(18)19/h2-11H,1H3/b15-11-. The summed E-state index contributed by atoms with van der Waals surface area (Å²) in [6.45, 7) is 0. The Morgan fingerprint density at radius 3 is 2.42 bits per heavy atom. The third-order valence-electron chi connectivity index (χ3n) is 2.63. The fourth-order valence-electron chi connectivity index (χ4n) is 1.62. The Labute approximate surface area is 110 Å². The molecule has 2 aromatic carbocycles. The highest BCUT2D eigenvalue weighted by Crippen LogP contribution is 2.16. The van der Waals surface area contributed by atoms with Crippen LogP contribution < -0.4 is 5.01 Å². The normalized spacial score (nSPS) is 10.6. The first-order chi connectivity index (χ1) is 9.18. The molecule has 0 aliphatic carbocycles. The maximum absolute atomic E-state index is 10.9. The highest BCUT2D eigenvalue weighted by atomic mass is 16.6. The monoisotopic (exact) mass is 255 g/mol. The summed E-state index contributed by atoms with van der Waals surface area (Å²) in [6.07, 6.45) is 1.49. The van der Waals surface area contributed by atoms with Gasteiger partial charge < -0.3 is 0 Å². The number of hydrazone groups is 1. The van der Waals surface area contributed by atoms with Gasteiger partial charge in [-0.05, 0) is 18.2 Å². The van der Waals surface area contributed by atoms with Crippen LogP contribution in [0.1, 0.15) is 5.56 Å². The molecule has 0 spiro atoms. The summed E-state index contributed by atoms with van der Waals surface area (Å²) in [7, 11) is 1.79. The number of para-hydroxylation sites is 2. The van der Waals surface area contributed by atoms with Gasteiger partial charge in [-0.15, -0.1) is 0 Å².